The van der Waals surface area contributed by atoms with Crippen LogP contribution in [-0.4, -0.2) is 15.7 Å². The quantitative estimate of drug-likeness (QED) is 0.572. The van der Waals surface area contributed by atoms with E-state index in [9.17, 15) is 10.1 Å². The zero-order valence-corrected chi connectivity index (χ0v) is 14.9. The molecule has 0 fully saturated rings. The molecule has 1 amide bonds. The molecule has 0 bridgehead atoms. The van der Waals surface area contributed by atoms with E-state index in [1.807, 2.05) is 60.7 Å². The van der Waals surface area contributed by atoms with Crippen molar-refractivity contribution < 1.29 is 4.79 Å². The van der Waals surface area contributed by atoms with Crippen molar-refractivity contribution in [2.24, 2.45) is 0 Å². The largest absolute Gasteiger partial charge is 0.306 e. The van der Waals surface area contributed by atoms with Gasteiger partial charge in [-0.15, -0.1) is 0 Å². The van der Waals surface area contributed by atoms with Crippen molar-refractivity contribution >= 4 is 11.7 Å². The summed E-state index contributed by atoms with van der Waals surface area (Å²) in [4.78, 5) is 12.7. The average Bonchev–Trinajstić information content (AvgIpc) is 3.19. The second-order valence-corrected chi connectivity index (χ2v) is 6.17. The summed E-state index contributed by atoms with van der Waals surface area (Å²) in [7, 11) is 0. The van der Waals surface area contributed by atoms with Gasteiger partial charge in [0.05, 0.1) is 23.0 Å². The summed E-state index contributed by atoms with van der Waals surface area (Å²) in [6, 6.07) is 29.8. The first-order valence-electron chi connectivity index (χ1n) is 8.77. The Morgan fingerprint density at radius 2 is 1.61 bits per heavy atom. The van der Waals surface area contributed by atoms with Crippen molar-refractivity contribution in [1.29, 1.82) is 5.26 Å². The molecular formula is C23H16N4O. The summed E-state index contributed by atoms with van der Waals surface area (Å²) in [5.74, 6) is 0.306. The van der Waals surface area contributed by atoms with Crippen LogP contribution in [0.2, 0.25) is 0 Å². The third-order valence-corrected chi connectivity index (χ3v) is 4.28. The normalized spacial score (nSPS) is 10.2. The maximum Gasteiger partial charge on any atom is 0.256 e. The average molecular weight is 364 g/mol. The Kier molecular flexibility index (Phi) is 4.68. The standard InChI is InChI=1S/C23H16N4O/c24-16-17-8-7-13-20(14-17)27-22(25-23(28)19-11-5-2-6-12-19)15-21(26-27)18-9-3-1-4-10-18/h1-15H,(H,25,28). The van der Waals surface area contributed by atoms with E-state index >= 15 is 0 Å². The van der Waals surface area contributed by atoms with Crippen molar-refractivity contribution in [3.8, 4) is 23.0 Å². The third-order valence-electron chi connectivity index (χ3n) is 4.28. The van der Waals surface area contributed by atoms with Crippen LogP contribution in [0.25, 0.3) is 16.9 Å². The van der Waals surface area contributed by atoms with E-state index in [1.165, 1.54) is 0 Å². The summed E-state index contributed by atoms with van der Waals surface area (Å²) < 4.78 is 1.64. The second kappa shape index (κ2) is 7.60. The molecule has 4 aromatic rings. The Morgan fingerprint density at radius 3 is 2.32 bits per heavy atom. The Balaban J connectivity index is 1.78. The number of hydrogen-bond acceptors (Lipinski definition) is 3. The Hall–Kier alpha value is -4.17. The maximum absolute atomic E-state index is 12.7. The van der Waals surface area contributed by atoms with E-state index < -0.39 is 0 Å². The van der Waals surface area contributed by atoms with Gasteiger partial charge in [-0.2, -0.15) is 10.4 Å². The van der Waals surface area contributed by atoms with E-state index in [-0.39, 0.29) is 5.91 Å². The minimum absolute atomic E-state index is 0.224. The molecule has 0 spiro atoms. The van der Waals surface area contributed by atoms with E-state index in [2.05, 4.69) is 16.5 Å². The van der Waals surface area contributed by atoms with Crippen LogP contribution in [-0.2, 0) is 0 Å². The number of aromatic nitrogens is 2. The van der Waals surface area contributed by atoms with E-state index in [4.69, 9.17) is 0 Å². The zero-order chi connectivity index (χ0) is 19.3. The number of amides is 1. The molecule has 1 N–H and O–H groups in total. The van der Waals surface area contributed by atoms with Gasteiger partial charge >= 0.3 is 0 Å². The number of hydrogen-bond donors (Lipinski definition) is 1. The fourth-order valence-electron chi connectivity index (χ4n) is 2.90. The Labute approximate surface area is 162 Å². The van der Waals surface area contributed by atoms with Gasteiger partial charge in [0.25, 0.3) is 5.91 Å². The number of nitrogens with one attached hydrogen (secondary N) is 1. The van der Waals surface area contributed by atoms with Gasteiger partial charge in [0, 0.05) is 17.2 Å². The molecule has 0 atom stereocenters. The smallest absolute Gasteiger partial charge is 0.256 e. The van der Waals surface area contributed by atoms with Crippen molar-refractivity contribution in [2.45, 2.75) is 0 Å². The Morgan fingerprint density at radius 1 is 0.893 bits per heavy atom. The van der Waals surface area contributed by atoms with Crippen LogP contribution in [0.1, 0.15) is 15.9 Å². The van der Waals surface area contributed by atoms with Gasteiger partial charge in [0.15, 0.2) is 0 Å². The summed E-state index contributed by atoms with van der Waals surface area (Å²) in [5, 5.41) is 16.8. The molecule has 4 rings (SSSR count). The molecule has 1 aromatic heterocycles. The fourth-order valence-corrected chi connectivity index (χ4v) is 2.90. The zero-order valence-electron chi connectivity index (χ0n) is 14.9. The molecule has 0 unspecified atom stereocenters. The van der Waals surface area contributed by atoms with E-state index in [0.29, 0.717) is 22.6 Å². The highest BCUT2D eigenvalue weighted by atomic mass is 16.1. The number of benzene rings is 3. The highest BCUT2D eigenvalue weighted by Crippen LogP contribution is 2.25. The molecule has 0 aliphatic rings. The number of rotatable bonds is 4. The highest BCUT2D eigenvalue weighted by molar-refractivity contribution is 6.04. The monoisotopic (exact) mass is 364 g/mol. The molecule has 0 aliphatic carbocycles. The number of nitrogens with zero attached hydrogens (tertiary/aromatic N) is 3. The molecule has 28 heavy (non-hydrogen) atoms. The van der Waals surface area contributed by atoms with Crippen LogP contribution >= 0.6 is 0 Å². The number of carbonyl (C=O) groups is 1. The lowest BCUT2D eigenvalue weighted by atomic mass is 10.1. The van der Waals surface area contributed by atoms with Crippen molar-refractivity contribution in [1.82, 2.24) is 9.78 Å². The minimum Gasteiger partial charge on any atom is -0.306 e. The molecule has 0 radical (unpaired) electrons. The van der Waals surface area contributed by atoms with E-state index in [0.717, 1.165) is 11.3 Å². The third kappa shape index (κ3) is 3.53. The molecule has 5 heteroatoms. The number of carbonyl (C=O) groups excluding carboxylic acids is 1. The fraction of sp³-hybridized carbons (Fsp3) is 0. The van der Waals surface area contributed by atoms with Gasteiger partial charge in [-0.3, -0.25) is 4.79 Å². The molecule has 0 aliphatic heterocycles. The highest BCUT2D eigenvalue weighted by Gasteiger charge is 2.15. The molecule has 0 saturated carbocycles. The van der Waals surface area contributed by atoms with Crippen molar-refractivity contribution in [2.75, 3.05) is 5.32 Å². The molecule has 0 saturated heterocycles. The maximum atomic E-state index is 12.7. The Bertz CT molecular complexity index is 1160. The van der Waals surface area contributed by atoms with Crippen LogP contribution in [0.5, 0.6) is 0 Å². The van der Waals surface area contributed by atoms with Crippen molar-refractivity contribution in [3.63, 3.8) is 0 Å². The summed E-state index contributed by atoms with van der Waals surface area (Å²) in [6.45, 7) is 0. The van der Waals surface area contributed by atoms with Gasteiger partial charge < -0.3 is 5.32 Å². The predicted molar refractivity (Wildman–Crippen MR) is 108 cm³/mol. The van der Waals surface area contributed by atoms with Crippen LogP contribution < -0.4 is 5.32 Å². The first-order valence-corrected chi connectivity index (χ1v) is 8.77. The number of nitriles is 1. The van der Waals surface area contributed by atoms with Crippen LogP contribution in [0, 0.1) is 11.3 Å². The second-order valence-electron chi connectivity index (χ2n) is 6.17. The first kappa shape index (κ1) is 17.3. The van der Waals surface area contributed by atoms with Gasteiger partial charge in [-0.1, -0.05) is 54.6 Å². The molecule has 3 aromatic carbocycles. The molecular weight excluding hydrogens is 348 g/mol. The van der Waals surface area contributed by atoms with Gasteiger partial charge in [0.2, 0.25) is 0 Å². The topological polar surface area (TPSA) is 70.7 Å². The van der Waals surface area contributed by atoms with Crippen molar-refractivity contribution in [3.05, 3.63) is 102 Å². The van der Waals surface area contributed by atoms with Gasteiger partial charge in [-0.05, 0) is 30.3 Å². The molecule has 1 heterocycles. The molecule has 5 nitrogen and oxygen atoms in total. The summed E-state index contributed by atoms with van der Waals surface area (Å²) in [5.41, 5.74) is 3.45. The van der Waals surface area contributed by atoms with E-state index in [1.54, 1.807) is 35.0 Å². The lowest BCUT2D eigenvalue weighted by molar-refractivity contribution is 0.102. The lowest BCUT2D eigenvalue weighted by Crippen LogP contribution is -2.15. The lowest BCUT2D eigenvalue weighted by Gasteiger charge is -2.09. The minimum atomic E-state index is -0.224. The first-order chi connectivity index (χ1) is 13.7. The van der Waals surface area contributed by atoms with Crippen LogP contribution in [0.3, 0.4) is 0 Å². The summed E-state index contributed by atoms with van der Waals surface area (Å²) in [6.07, 6.45) is 0. The SMILES string of the molecule is N#Cc1cccc(-n2nc(-c3ccccc3)cc2NC(=O)c2ccccc2)c1. The predicted octanol–water partition coefficient (Wildman–Crippen LogP) is 4.66. The van der Waals surface area contributed by atoms with Crippen LogP contribution in [0.4, 0.5) is 5.82 Å². The summed E-state index contributed by atoms with van der Waals surface area (Å²) >= 11 is 0. The van der Waals surface area contributed by atoms with Gasteiger partial charge in [0.1, 0.15) is 5.82 Å². The van der Waals surface area contributed by atoms with Gasteiger partial charge in [-0.25, -0.2) is 4.68 Å². The molecule has 134 valence electrons. The number of anilines is 1. The van der Waals surface area contributed by atoms with Crippen LogP contribution in [0.15, 0.2) is 91.0 Å².